The van der Waals surface area contributed by atoms with Gasteiger partial charge in [0.1, 0.15) is 12.4 Å². The van der Waals surface area contributed by atoms with E-state index in [1.54, 1.807) is 13.1 Å². The maximum Gasteiger partial charge on any atom is 0.413 e. The number of carbonyl (C=O) groups excluding carboxylic acids is 1. The maximum absolute atomic E-state index is 11.7. The lowest BCUT2D eigenvalue weighted by Gasteiger charge is -2.34. The van der Waals surface area contributed by atoms with Crippen molar-refractivity contribution in [3.8, 4) is 16.9 Å². The van der Waals surface area contributed by atoms with Crippen LogP contribution in [0.15, 0.2) is 42.7 Å². The maximum atomic E-state index is 11.7. The first-order valence-electron chi connectivity index (χ1n) is 13.2. The van der Waals surface area contributed by atoms with Gasteiger partial charge in [0, 0.05) is 41.4 Å². The van der Waals surface area contributed by atoms with Crippen molar-refractivity contribution in [3.63, 3.8) is 0 Å². The molecule has 1 aliphatic carbocycles. The predicted molar refractivity (Wildman–Crippen MR) is 147 cm³/mol. The van der Waals surface area contributed by atoms with Crippen LogP contribution in [-0.4, -0.2) is 45.8 Å². The summed E-state index contributed by atoms with van der Waals surface area (Å²) >= 11 is 0. The highest BCUT2D eigenvalue weighted by Gasteiger charge is 2.30. The lowest BCUT2D eigenvalue weighted by molar-refractivity contribution is 0.167. The Morgan fingerprint density at radius 2 is 2.11 bits per heavy atom. The third-order valence-corrected chi connectivity index (χ3v) is 7.36. The highest BCUT2D eigenvalue weighted by Crippen LogP contribution is 2.39. The van der Waals surface area contributed by atoms with Crippen LogP contribution in [0.2, 0.25) is 0 Å². The molecule has 4 heterocycles. The molecular weight excluding hydrogens is 480 g/mol. The van der Waals surface area contributed by atoms with Gasteiger partial charge in [0.05, 0.1) is 18.7 Å². The van der Waals surface area contributed by atoms with Gasteiger partial charge in [-0.3, -0.25) is 10.3 Å². The average Bonchev–Trinajstić information content (AvgIpc) is 3.16. The predicted octanol–water partition coefficient (Wildman–Crippen LogP) is 5.50. The zero-order valence-electron chi connectivity index (χ0n) is 22.0. The first kappa shape index (κ1) is 24.2. The molecule has 4 aromatic rings. The second kappa shape index (κ2) is 9.63. The molecule has 0 saturated carbocycles. The van der Waals surface area contributed by atoms with Gasteiger partial charge in [0.15, 0.2) is 5.65 Å². The minimum atomic E-state index is -0.555. The van der Waals surface area contributed by atoms with E-state index in [4.69, 9.17) is 14.5 Å². The number of benzene rings is 1. The first-order chi connectivity index (χ1) is 18.4. The van der Waals surface area contributed by atoms with E-state index in [9.17, 15) is 4.79 Å². The van der Waals surface area contributed by atoms with Gasteiger partial charge < -0.3 is 19.4 Å². The number of aromatic amines is 1. The van der Waals surface area contributed by atoms with E-state index in [1.807, 2.05) is 18.3 Å². The number of rotatable bonds is 4. The van der Waals surface area contributed by atoms with Crippen molar-refractivity contribution in [2.75, 3.05) is 30.0 Å². The van der Waals surface area contributed by atoms with E-state index < -0.39 is 6.09 Å². The minimum Gasteiger partial charge on any atom is -0.491 e. The van der Waals surface area contributed by atoms with Crippen LogP contribution in [0.1, 0.15) is 44.0 Å². The molecule has 3 aromatic heterocycles. The number of amides is 1. The summed E-state index contributed by atoms with van der Waals surface area (Å²) in [5.74, 6) is 1.22. The Balaban J connectivity index is 1.29. The van der Waals surface area contributed by atoms with Crippen LogP contribution in [-0.2, 0) is 24.1 Å². The fourth-order valence-corrected chi connectivity index (χ4v) is 5.41. The molecule has 0 saturated heterocycles. The number of aryl methyl sites for hydroxylation is 1. The van der Waals surface area contributed by atoms with Crippen molar-refractivity contribution in [2.45, 2.75) is 46.6 Å². The number of hydrogen-bond donors (Lipinski definition) is 2. The van der Waals surface area contributed by atoms with Crippen molar-refractivity contribution >= 4 is 28.9 Å². The SMILES string of the molecule is CCOC(=O)Nc1nc2ncc(-c3ccc4c(c3)CN(c3ccnc5c3CC(C)(C)CC5)CCO4)cc2[nH]1. The number of nitrogens with one attached hydrogen (secondary N) is 2. The quantitative estimate of drug-likeness (QED) is 0.372. The molecule has 0 atom stereocenters. The van der Waals surface area contributed by atoms with Gasteiger partial charge in [-0.1, -0.05) is 19.9 Å². The molecule has 1 amide bonds. The number of carbonyl (C=O) groups is 1. The standard InChI is InChI=1S/C29H32N6O3/c1-4-37-28(36)34-27-32-23-14-19(16-31-26(23)33-27)18-5-6-25-20(13-18)17-35(11-12-38-25)24-8-10-30-22-7-9-29(2,3)15-21(22)24/h5-6,8,10,13-14,16H,4,7,9,11-12,15,17H2,1-3H3,(H2,31,32,33,34,36). The smallest absolute Gasteiger partial charge is 0.413 e. The number of anilines is 2. The average molecular weight is 513 g/mol. The molecule has 0 unspecified atom stereocenters. The molecule has 38 heavy (non-hydrogen) atoms. The van der Waals surface area contributed by atoms with Crippen molar-refractivity contribution in [3.05, 3.63) is 59.5 Å². The molecule has 0 bridgehead atoms. The van der Waals surface area contributed by atoms with Crippen LogP contribution in [0.5, 0.6) is 5.75 Å². The monoisotopic (exact) mass is 512 g/mol. The van der Waals surface area contributed by atoms with Crippen LogP contribution in [0, 0.1) is 5.41 Å². The molecule has 9 nitrogen and oxygen atoms in total. The zero-order valence-corrected chi connectivity index (χ0v) is 22.0. The molecule has 0 spiro atoms. The van der Waals surface area contributed by atoms with Crippen LogP contribution in [0.3, 0.4) is 0 Å². The third kappa shape index (κ3) is 4.76. The van der Waals surface area contributed by atoms with E-state index in [-0.39, 0.29) is 12.0 Å². The first-order valence-corrected chi connectivity index (χ1v) is 13.2. The largest absolute Gasteiger partial charge is 0.491 e. The zero-order chi connectivity index (χ0) is 26.3. The highest BCUT2D eigenvalue weighted by molar-refractivity contribution is 5.86. The molecular formula is C29H32N6O3. The van der Waals surface area contributed by atoms with Gasteiger partial charge in [0.25, 0.3) is 0 Å². The number of aromatic nitrogens is 4. The summed E-state index contributed by atoms with van der Waals surface area (Å²) in [5.41, 5.74) is 8.54. The lowest BCUT2D eigenvalue weighted by Crippen LogP contribution is -2.30. The summed E-state index contributed by atoms with van der Waals surface area (Å²) < 4.78 is 11.1. The number of ether oxygens (including phenoxy) is 2. The number of pyridine rings is 2. The Labute approximate surface area is 221 Å². The summed E-state index contributed by atoms with van der Waals surface area (Å²) in [6.07, 6.45) is 6.43. The Bertz CT molecular complexity index is 1510. The van der Waals surface area contributed by atoms with E-state index in [0.717, 1.165) is 53.9 Å². The Kier molecular flexibility index (Phi) is 6.13. The molecule has 1 aromatic carbocycles. The number of H-pyrrole nitrogens is 1. The summed E-state index contributed by atoms with van der Waals surface area (Å²) in [7, 11) is 0. The lowest BCUT2D eigenvalue weighted by atomic mass is 9.75. The fraction of sp³-hybridized carbons (Fsp3) is 0.379. The summed E-state index contributed by atoms with van der Waals surface area (Å²) in [6, 6.07) is 10.4. The summed E-state index contributed by atoms with van der Waals surface area (Å²) in [5, 5.41) is 2.59. The van der Waals surface area contributed by atoms with Gasteiger partial charge in [0.2, 0.25) is 5.95 Å². The number of fused-ring (bicyclic) bond motifs is 3. The van der Waals surface area contributed by atoms with Crippen LogP contribution in [0.25, 0.3) is 22.3 Å². The molecule has 1 aliphatic heterocycles. The minimum absolute atomic E-state index is 0.280. The van der Waals surface area contributed by atoms with Gasteiger partial charge in [-0.05, 0) is 67.0 Å². The summed E-state index contributed by atoms with van der Waals surface area (Å²) in [4.78, 5) is 30.8. The van der Waals surface area contributed by atoms with E-state index >= 15 is 0 Å². The number of nitrogens with zero attached hydrogens (tertiary/aromatic N) is 4. The van der Waals surface area contributed by atoms with Crippen molar-refractivity contribution in [1.82, 2.24) is 19.9 Å². The molecule has 0 fully saturated rings. The van der Waals surface area contributed by atoms with Gasteiger partial charge in [-0.15, -0.1) is 0 Å². The Morgan fingerprint density at radius 1 is 1.21 bits per heavy atom. The van der Waals surface area contributed by atoms with Crippen molar-refractivity contribution in [1.29, 1.82) is 0 Å². The third-order valence-electron chi connectivity index (χ3n) is 7.36. The number of hydrogen-bond acceptors (Lipinski definition) is 7. The molecule has 6 rings (SSSR count). The van der Waals surface area contributed by atoms with Gasteiger partial charge in [-0.2, -0.15) is 4.98 Å². The second-order valence-corrected chi connectivity index (χ2v) is 10.7. The molecule has 0 radical (unpaired) electrons. The topological polar surface area (TPSA) is 105 Å². The molecule has 2 N–H and O–H groups in total. The molecule has 9 heteroatoms. The molecule has 196 valence electrons. The normalized spacial score (nSPS) is 16.2. The van der Waals surface area contributed by atoms with Crippen LogP contribution >= 0.6 is 0 Å². The van der Waals surface area contributed by atoms with Crippen molar-refractivity contribution < 1.29 is 14.3 Å². The van der Waals surface area contributed by atoms with E-state index in [0.29, 0.717) is 18.2 Å². The number of imidazole rings is 1. The van der Waals surface area contributed by atoms with Gasteiger partial charge >= 0.3 is 6.09 Å². The van der Waals surface area contributed by atoms with Crippen LogP contribution in [0.4, 0.5) is 16.4 Å². The van der Waals surface area contributed by atoms with E-state index in [2.05, 4.69) is 57.2 Å². The summed E-state index contributed by atoms with van der Waals surface area (Å²) in [6.45, 7) is 8.94. The fourth-order valence-electron chi connectivity index (χ4n) is 5.41. The Morgan fingerprint density at radius 3 is 2.97 bits per heavy atom. The Hall–Kier alpha value is -4.14. The van der Waals surface area contributed by atoms with E-state index in [1.165, 1.54) is 23.4 Å². The molecule has 2 aliphatic rings. The second-order valence-electron chi connectivity index (χ2n) is 10.7. The van der Waals surface area contributed by atoms with Gasteiger partial charge in [-0.25, -0.2) is 9.78 Å². The highest BCUT2D eigenvalue weighted by atomic mass is 16.5. The van der Waals surface area contributed by atoms with Crippen LogP contribution < -0.4 is 15.0 Å². The van der Waals surface area contributed by atoms with Crippen molar-refractivity contribution in [2.24, 2.45) is 5.41 Å².